The number of halogens is 3. The Hall–Kier alpha value is -2.35. The molecule has 8 heteroatoms. The van der Waals surface area contributed by atoms with Gasteiger partial charge in [0.25, 0.3) is 5.91 Å². The number of amides is 1. The summed E-state index contributed by atoms with van der Waals surface area (Å²) in [6.07, 6.45) is -3.94. The van der Waals surface area contributed by atoms with Crippen LogP contribution in [0.1, 0.15) is 23.4 Å². The number of benzene rings is 1. The van der Waals surface area contributed by atoms with E-state index >= 15 is 0 Å². The number of rotatable bonds is 3. The molecule has 0 aliphatic carbocycles. The Labute approximate surface area is 141 Å². The average Bonchev–Trinajstić information content (AvgIpc) is 2.59. The fraction of sp³-hybridized carbons (Fsp3) is 0.412. The number of hydrogen-bond acceptors (Lipinski definition) is 4. The quantitative estimate of drug-likeness (QED) is 0.849. The van der Waals surface area contributed by atoms with Crippen LogP contribution < -0.4 is 5.43 Å². The van der Waals surface area contributed by atoms with Gasteiger partial charge in [-0.15, -0.1) is 0 Å². The maximum absolute atomic E-state index is 13.0. The van der Waals surface area contributed by atoms with E-state index in [9.17, 15) is 22.8 Å². The summed E-state index contributed by atoms with van der Waals surface area (Å²) in [4.78, 5) is 25.5. The molecule has 0 unspecified atom stereocenters. The molecule has 1 amide bonds. The number of alkyl halides is 3. The second-order valence-corrected chi connectivity index (χ2v) is 5.86. The molecule has 0 atom stereocenters. The van der Waals surface area contributed by atoms with Gasteiger partial charge in [0.05, 0.1) is 5.39 Å². The predicted molar refractivity (Wildman–Crippen MR) is 83.4 cm³/mol. The topological polar surface area (TPSA) is 59.8 Å². The van der Waals surface area contributed by atoms with E-state index in [1.165, 1.54) is 12.1 Å². The Bertz CT molecular complexity index is 824. The summed E-state index contributed by atoms with van der Waals surface area (Å²) in [5.74, 6) is -1.33. The highest BCUT2D eigenvalue weighted by Gasteiger charge is 2.38. The lowest BCUT2D eigenvalue weighted by atomic mass is 10.1. The molecule has 3 rings (SSSR count). The fourth-order valence-corrected chi connectivity index (χ4v) is 2.91. The smallest absolute Gasteiger partial charge is 0.406 e. The largest absolute Gasteiger partial charge is 0.451 e. The minimum Gasteiger partial charge on any atom is -0.451 e. The van der Waals surface area contributed by atoms with Gasteiger partial charge in [0.1, 0.15) is 12.1 Å². The molecular weight excluding hydrogens is 339 g/mol. The van der Waals surface area contributed by atoms with Crippen LogP contribution in [0.2, 0.25) is 0 Å². The minimum absolute atomic E-state index is 0.164. The third-order valence-corrected chi connectivity index (χ3v) is 4.09. The molecule has 5 nitrogen and oxygen atoms in total. The van der Waals surface area contributed by atoms with Gasteiger partial charge in [-0.3, -0.25) is 9.59 Å². The van der Waals surface area contributed by atoms with Crippen LogP contribution >= 0.6 is 0 Å². The maximum atomic E-state index is 13.0. The number of carbonyl (C=O) groups is 1. The summed E-state index contributed by atoms with van der Waals surface area (Å²) in [7, 11) is 0. The molecule has 1 aliphatic rings. The SMILES string of the molecule is O=C(c1cc(=O)c2ccccc2o1)N(CC(F)(F)F)C1CCOCC1. The van der Waals surface area contributed by atoms with Crippen molar-refractivity contribution >= 4 is 16.9 Å². The Balaban J connectivity index is 1.97. The molecule has 2 aromatic rings. The van der Waals surface area contributed by atoms with Crippen molar-refractivity contribution in [3.8, 4) is 0 Å². The molecule has 0 radical (unpaired) electrons. The lowest BCUT2D eigenvalue weighted by Crippen LogP contribution is -2.48. The standard InChI is InChI=1S/C17H16F3NO4/c18-17(19,20)10-21(11-5-7-24-8-6-11)16(23)15-9-13(22)12-3-1-2-4-14(12)25-15/h1-4,9,11H,5-8,10H2. The molecule has 0 N–H and O–H groups in total. The van der Waals surface area contributed by atoms with Gasteiger partial charge in [-0.2, -0.15) is 13.2 Å². The Morgan fingerprint density at radius 2 is 1.88 bits per heavy atom. The zero-order chi connectivity index (χ0) is 18.0. The monoisotopic (exact) mass is 355 g/mol. The first-order valence-electron chi connectivity index (χ1n) is 7.83. The highest BCUT2D eigenvalue weighted by atomic mass is 19.4. The summed E-state index contributed by atoms with van der Waals surface area (Å²) < 4.78 is 49.4. The van der Waals surface area contributed by atoms with E-state index in [2.05, 4.69) is 0 Å². The van der Waals surface area contributed by atoms with Crippen molar-refractivity contribution in [1.29, 1.82) is 0 Å². The summed E-state index contributed by atoms with van der Waals surface area (Å²) in [5.41, 5.74) is -0.304. The first kappa shape index (κ1) is 17.5. The van der Waals surface area contributed by atoms with E-state index in [0.29, 0.717) is 12.8 Å². The van der Waals surface area contributed by atoms with E-state index < -0.39 is 30.1 Å². The van der Waals surface area contributed by atoms with E-state index in [4.69, 9.17) is 9.15 Å². The average molecular weight is 355 g/mol. The van der Waals surface area contributed by atoms with Crippen molar-refractivity contribution in [3.63, 3.8) is 0 Å². The fourth-order valence-electron chi connectivity index (χ4n) is 2.91. The Morgan fingerprint density at radius 3 is 2.56 bits per heavy atom. The maximum Gasteiger partial charge on any atom is 0.406 e. The predicted octanol–water partition coefficient (Wildman–Crippen LogP) is 2.98. The molecule has 1 aliphatic heterocycles. The first-order valence-corrected chi connectivity index (χ1v) is 7.83. The third kappa shape index (κ3) is 4.01. The normalized spacial score (nSPS) is 16.1. The van der Waals surface area contributed by atoms with Gasteiger partial charge in [0.15, 0.2) is 11.2 Å². The molecule has 25 heavy (non-hydrogen) atoms. The van der Waals surface area contributed by atoms with Crippen LogP contribution in [0.15, 0.2) is 39.5 Å². The summed E-state index contributed by atoms with van der Waals surface area (Å²) in [6.45, 7) is -0.824. The molecular formula is C17H16F3NO4. The first-order chi connectivity index (χ1) is 11.8. The van der Waals surface area contributed by atoms with Crippen molar-refractivity contribution < 1.29 is 27.1 Å². The highest BCUT2D eigenvalue weighted by Crippen LogP contribution is 2.24. The number of fused-ring (bicyclic) bond motifs is 1. The van der Waals surface area contributed by atoms with Gasteiger partial charge >= 0.3 is 6.18 Å². The molecule has 1 fully saturated rings. The second kappa shape index (κ2) is 6.87. The minimum atomic E-state index is -4.55. The molecule has 0 saturated carbocycles. The van der Waals surface area contributed by atoms with E-state index in [1.807, 2.05) is 0 Å². The number of para-hydroxylation sites is 1. The molecule has 2 heterocycles. The van der Waals surface area contributed by atoms with Gasteiger partial charge in [-0.25, -0.2) is 0 Å². The molecule has 0 spiro atoms. The zero-order valence-corrected chi connectivity index (χ0v) is 13.2. The summed E-state index contributed by atoms with van der Waals surface area (Å²) in [5, 5.41) is 0.271. The number of hydrogen-bond donors (Lipinski definition) is 0. The molecule has 1 aromatic heterocycles. The van der Waals surface area contributed by atoms with Crippen molar-refractivity contribution in [3.05, 3.63) is 46.3 Å². The summed E-state index contributed by atoms with van der Waals surface area (Å²) in [6, 6.07) is 6.62. The van der Waals surface area contributed by atoms with Crippen LogP contribution in [-0.4, -0.2) is 42.8 Å². The lowest BCUT2D eigenvalue weighted by molar-refractivity contribution is -0.147. The third-order valence-electron chi connectivity index (χ3n) is 4.09. The van der Waals surface area contributed by atoms with Crippen molar-refractivity contribution in [2.24, 2.45) is 0 Å². The van der Waals surface area contributed by atoms with Gasteiger partial charge in [0.2, 0.25) is 0 Å². The van der Waals surface area contributed by atoms with Gasteiger partial charge < -0.3 is 14.1 Å². The summed E-state index contributed by atoms with van der Waals surface area (Å²) >= 11 is 0. The number of ether oxygens (including phenoxy) is 1. The highest BCUT2D eigenvalue weighted by molar-refractivity contribution is 5.93. The van der Waals surface area contributed by atoms with Crippen LogP contribution in [0.5, 0.6) is 0 Å². The lowest BCUT2D eigenvalue weighted by Gasteiger charge is -2.34. The van der Waals surface area contributed by atoms with E-state index in [0.717, 1.165) is 11.0 Å². The van der Waals surface area contributed by atoms with E-state index in [1.54, 1.807) is 12.1 Å². The molecule has 1 saturated heterocycles. The number of carbonyl (C=O) groups excluding carboxylic acids is 1. The van der Waals surface area contributed by atoms with Crippen LogP contribution in [0.25, 0.3) is 11.0 Å². The van der Waals surface area contributed by atoms with Crippen molar-refractivity contribution in [1.82, 2.24) is 4.90 Å². The molecule has 0 bridgehead atoms. The van der Waals surface area contributed by atoms with Crippen molar-refractivity contribution in [2.45, 2.75) is 25.1 Å². The van der Waals surface area contributed by atoms with Crippen LogP contribution in [0.4, 0.5) is 13.2 Å². The van der Waals surface area contributed by atoms with Crippen LogP contribution in [-0.2, 0) is 4.74 Å². The van der Waals surface area contributed by atoms with Gasteiger partial charge in [-0.1, -0.05) is 12.1 Å². The van der Waals surface area contributed by atoms with Gasteiger partial charge in [0, 0.05) is 25.3 Å². The van der Waals surface area contributed by atoms with Gasteiger partial charge in [-0.05, 0) is 25.0 Å². The molecule has 1 aromatic carbocycles. The van der Waals surface area contributed by atoms with E-state index in [-0.39, 0.29) is 29.9 Å². The Morgan fingerprint density at radius 1 is 1.20 bits per heavy atom. The molecule has 134 valence electrons. The Kier molecular flexibility index (Phi) is 4.80. The number of nitrogens with zero attached hydrogens (tertiary/aromatic N) is 1. The zero-order valence-electron chi connectivity index (χ0n) is 13.2. The van der Waals surface area contributed by atoms with Crippen LogP contribution in [0.3, 0.4) is 0 Å². The van der Waals surface area contributed by atoms with Crippen LogP contribution in [0, 0.1) is 0 Å². The van der Waals surface area contributed by atoms with Crippen molar-refractivity contribution in [2.75, 3.05) is 19.8 Å². The second-order valence-electron chi connectivity index (χ2n) is 5.86.